The van der Waals surface area contributed by atoms with Gasteiger partial charge in [0.05, 0.1) is 25.5 Å². The van der Waals surface area contributed by atoms with Gasteiger partial charge in [-0.25, -0.2) is 4.98 Å². The second-order valence-electron chi connectivity index (χ2n) is 7.12. The van der Waals surface area contributed by atoms with Crippen LogP contribution in [0.2, 0.25) is 0 Å². The highest BCUT2D eigenvalue weighted by Crippen LogP contribution is 2.40. The lowest BCUT2D eigenvalue weighted by Gasteiger charge is -2.20. The van der Waals surface area contributed by atoms with Gasteiger partial charge in [0.2, 0.25) is 5.95 Å². The van der Waals surface area contributed by atoms with Crippen LogP contribution in [0.4, 0.5) is 11.8 Å². The number of nitrogens with one attached hydrogen (secondary N) is 2. The molecule has 0 radical (unpaired) electrons. The number of methoxy groups -OCH3 is 1. The average Bonchev–Trinajstić information content (AvgIpc) is 3.49. The molecule has 1 aromatic carbocycles. The minimum atomic E-state index is -0.0634. The molecule has 6 nitrogen and oxygen atoms in total. The van der Waals surface area contributed by atoms with E-state index >= 15 is 0 Å². The molecule has 0 unspecified atom stereocenters. The molecule has 1 atom stereocenters. The van der Waals surface area contributed by atoms with E-state index in [0.29, 0.717) is 18.4 Å². The maximum Gasteiger partial charge on any atom is 0.225 e. The van der Waals surface area contributed by atoms with Gasteiger partial charge in [0.25, 0.3) is 0 Å². The smallest absolute Gasteiger partial charge is 0.225 e. The Bertz CT molecular complexity index is 732. The zero-order chi connectivity index (χ0) is 18.5. The monoisotopic (exact) mass is 356 g/mol. The summed E-state index contributed by atoms with van der Waals surface area (Å²) in [5.41, 5.74) is 2.14. The third-order valence-electron chi connectivity index (χ3n) is 4.71. The van der Waals surface area contributed by atoms with Gasteiger partial charge in [0.1, 0.15) is 11.6 Å². The molecule has 0 saturated heterocycles. The molecule has 140 valence electrons. The summed E-state index contributed by atoms with van der Waals surface area (Å²) in [7, 11) is 1.68. The van der Waals surface area contributed by atoms with Crippen LogP contribution in [-0.2, 0) is 6.54 Å². The second kappa shape index (κ2) is 8.36. The van der Waals surface area contributed by atoms with Gasteiger partial charge in [-0.3, -0.25) is 0 Å². The first-order valence-electron chi connectivity index (χ1n) is 9.22. The van der Waals surface area contributed by atoms with Crippen LogP contribution in [0, 0.1) is 5.92 Å². The van der Waals surface area contributed by atoms with Crippen molar-refractivity contribution in [3.8, 4) is 5.75 Å². The van der Waals surface area contributed by atoms with Crippen molar-refractivity contribution in [3.05, 3.63) is 41.6 Å². The van der Waals surface area contributed by atoms with Crippen LogP contribution in [0.5, 0.6) is 5.75 Å². The maximum atomic E-state index is 9.58. The Morgan fingerprint density at radius 3 is 2.65 bits per heavy atom. The molecule has 1 aliphatic carbocycles. The fourth-order valence-electron chi connectivity index (χ4n) is 2.83. The molecule has 3 N–H and O–H groups in total. The van der Waals surface area contributed by atoms with Gasteiger partial charge in [0.15, 0.2) is 0 Å². The first-order chi connectivity index (χ1) is 12.6. The Hall–Kier alpha value is -2.34. The number of rotatable bonds is 9. The minimum absolute atomic E-state index is 0.0542. The molecular formula is C20H28N4O2. The number of benzene rings is 1. The summed E-state index contributed by atoms with van der Waals surface area (Å²) in [4.78, 5) is 9.26. The fourth-order valence-corrected chi connectivity index (χ4v) is 2.83. The minimum Gasteiger partial charge on any atom is -0.496 e. The van der Waals surface area contributed by atoms with E-state index in [1.165, 1.54) is 12.8 Å². The number of nitrogens with zero attached hydrogens (tertiary/aromatic N) is 2. The Morgan fingerprint density at radius 2 is 2.00 bits per heavy atom. The molecule has 0 spiro atoms. The highest BCUT2D eigenvalue weighted by molar-refractivity contribution is 5.46. The van der Waals surface area contributed by atoms with Crippen molar-refractivity contribution >= 4 is 11.8 Å². The lowest BCUT2D eigenvalue weighted by atomic mass is 10.1. The molecule has 1 aromatic heterocycles. The number of para-hydroxylation sites is 1. The highest BCUT2D eigenvalue weighted by Gasteiger charge is 2.26. The van der Waals surface area contributed by atoms with Gasteiger partial charge in [-0.15, -0.1) is 0 Å². The Morgan fingerprint density at radius 1 is 1.23 bits per heavy atom. The SMILES string of the molecule is COc1ccccc1CNc1cc(C2CC2)nc(N[C@H](CO)C(C)C)n1. The predicted octanol–water partition coefficient (Wildman–Crippen LogP) is 3.40. The first kappa shape index (κ1) is 18.5. The molecule has 2 aromatic rings. The van der Waals surface area contributed by atoms with Crippen molar-refractivity contribution in [1.29, 1.82) is 0 Å². The molecule has 1 heterocycles. The van der Waals surface area contributed by atoms with E-state index in [1.807, 2.05) is 30.3 Å². The summed E-state index contributed by atoms with van der Waals surface area (Å²) < 4.78 is 5.41. The van der Waals surface area contributed by atoms with Gasteiger partial charge in [-0.1, -0.05) is 32.0 Å². The van der Waals surface area contributed by atoms with Gasteiger partial charge < -0.3 is 20.5 Å². The molecule has 1 saturated carbocycles. The number of aromatic nitrogens is 2. The summed E-state index contributed by atoms with van der Waals surface area (Å²) in [6, 6.07) is 9.91. The molecular weight excluding hydrogens is 328 g/mol. The quantitative estimate of drug-likeness (QED) is 0.639. The van der Waals surface area contributed by atoms with Crippen LogP contribution in [0.1, 0.15) is 43.9 Å². The average molecular weight is 356 g/mol. The maximum absolute atomic E-state index is 9.58. The van der Waals surface area contributed by atoms with E-state index in [-0.39, 0.29) is 18.6 Å². The molecule has 3 rings (SSSR count). The van der Waals surface area contributed by atoms with Gasteiger partial charge in [0, 0.05) is 24.1 Å². The topological polar surface area (TPSA) is 79.3 Å². The molecule has 0 bridgehead atoms. The fraction of sp³-hybridized carbons (Fsp3) is 0.500. The van der Waals surface area contributed by atoms with Crippen molar-refractivity contribution in [1.82, 2.24) is 9.97 Å². The number of ether oxygens (including phenoxy) is 1. The number of aliphatic hydroxyl groups is 1. The highest BCUT2D eigenvalue weighted by atomic mass is 16.5. The third-order valence-corrected chi connectivity index (χ3v) is 4.71. The molecule has 1 fully saturated rings. The summed E-state index contributed by atoms with van der Waals surface area (Å²) in [5.74, 6) is 3.03. The van der Waals surface area contributed by atoms with E-state index < -0.39 is 0 Å². The molecule has 6 heteroatoms. The van der Waals surface area contributed by atoms with E-state index in [2.05, 4.69) is 34.4 Å². The lowest BCUT2D eigenvalue weighted by molar-refractivity contribution is 0.248. The largest absolute Gasteiger partial charge is 0.496 e. The summed E-state index contributed by atoms with van der Waals surface area (Å²) >= 11 is 0. The molecule has 0 aliphatic heterocycles. The number of hydrogen-bond acceptors (Lipinski definition) is 6. The Kier molecular flexibility index (Phi) is 5.93. The van der Waals surface area contributed by atoms with E-state index in [4.69, 9.17) is 4.74 Å². The van der Waals surface area contributed by atoms with E-state index in [1.54, 1.807) is 7.11 Å². The molecule has 26 heavy (non-hydrogen) atoms. The summed E-state index contributed by atoms with van der Waals surface area (Å²) in [6.45, 7) is 4.82. The van der Waals surface area contributed by atoms with Gasteiger partial charge in [-0.2, -0.15) is 4.98 Å². The number of anilines is 2. The lowest BCUT2D eigenvalue weighted by Crippen LogP contribution is -2.30. The van der Waals surface area contributed by atoms with Crippen molar-refractivity contribution in [3.63, 3.8) is 0 Å². The van der Waals surface area contributed by atoms with Crippen LogP contribution in [0.3, 0.4) is 0 Å². The van der Waals surface area contributed by atoms with Crippen molar-refractivity contribution < 1.29 is 9.84 Å². The van der Waals surface area contributed by atoms with Crippen LogP contribution in [0.25, 0.3) is 0 Å². The van der Waals surface area contributed by atoms with E-state index in [9.17, 15) is 5.11 Å². The zero-order valence-corrected chi connectivity index (χ0v) is 15.7. The summed E-state index contributed by atoms with van der Waals surface area (Å²) in [6.07, 6.45) is 2.35. The van der Waals surface area contributed by atoms with Crippen LogP contribution < -0.4 is 15.4 Å². The van der Waals surface area contributed by atoms with Gasteiger partial charge >= 0.3 is 0 Å². The van der Waals surface area contributed by atoms with Crippen molar-refractivity contribution in [2.75, 3.05) is 24.4 Å². The first-order valence-corrected chi connectivity index (χ1v) is 9.22. The van der Waals surface area contributed by atoms with Crippen molar-refractivity contribution in [2.24, 2.45) is 5.92 Å². The summed E-state index contributed by atoms with van der Waals surface area (Å²) in [5, 5.41) is 16.2. The zero-order valence-electron chi connectivity index (χ0n) is 15.7. The third kappa shape index (κ3) is 4.64. The normalized spacial score (nSPS) is 15.0. The van der Waals surface area contributed by atoms with Crippen molar-refractivity contribution in [2.45, 2.75) is 45.2 Å². The Labute approximate surface area is 155 Å². The van der Waals surface area contributed by atoms with E-state index in [0.717, 1.165) is 22.8 Å². The number of aliphatic hydroxyl groups excluding tert-OH is 1. The standard InChI is InChI=1S/C20H28N4O2/c1-13(2)17(12-25)23-20-22-16(14-8-9-14)10-19(24-20)21-11-15-6-4-5-7-18(15)26-3/h4-7,10,13-14,17,25H,8-9,11-12H2,1-3H3,(H2,21,22,23,24)/t17-/m1/s1. The predicted molar refractivity (Wildman–Crippen MR) is 104 cm³/mol. The molecule has 1 aliphatic rings. The Balaban J connectivity index is 1.77. The number of hydrogen-bond donors (Lipinski definition) is 3. The molecule has 0 amide bonds. The van der Waals surface area contributed by atoms with Crippen LogP contribution >= 0.6 is 0 Å². The van der Waals surface area contributed by atoms with Crippen LogP contribution in [-0.4, -0.2) is 34.8 Å². The van der Waals surface area contributed by atoms with Gasteiger partial charge in [-0.05, 0) is 24.8 Å². The second-order valence-corrected chi connectivity index (χ2v) is 7.12. The van der Waals surface area contributed by atoms with Crippen LogP contribution in [0.15, 0.2) is 30.3 Å².